The molecular weight excluding hydrogens is 621 g/mol. The smallest absolute Gasteiger partial charge is 0.0724 e. The van der Waals surface area contributed by atoms with Crippen LogP contribution in [0.5, 0.6) is 0 Å². The average Bonchev–Trinajstić information content (AvgIpc) is 3.57. The van der Waals surface area contributed by atoms with Crippen molar-refractivity contribution in [2.75, 3.05) is 0 Å². The minimum Gasteiger partial charge on any atom is -0.307 e. The van der Waals surface area contributed by atoms with Crippen molar-refractivity contribution in [2.45, 2.75) is 6.42 Å². The SMILES string of the molecule is C1=CCC=CC(c2cccc3c4ccncc4n(-c4ccc(-c5ccc(-n6c7cnccc7c7cccc(-c8ccccc8)c76)cc5)cc4)c23)=C1. The predicted octanol–water partition coefficient (Wildman–Crippen LogP) is 11.9. The van der Waals surface area contributed by atoms with Crippen molar-refractivity contribution in [1.29, 1.82) is 0 Å². The van der Waals surface area contributed by atoms with Crippen LogP contribution >= 0.6 is 0 Å². The van der Waals surface area contributed by atoms with E-state index in [1.54, 1.807) is 0 Å². The van der Waals surface area contributed by atoms with Gasteiger partial charge < -0.3 is 9.13 Å². The summed E-state index contributed by atoms with van der Waals surface area (Å²) in [7, 11) is 0. The summed E-state index contributed by atoms with van der Waals surface area (Å²) >= 11 is 0. The van der Waals surface area contributed by atoms with Gasteiger partial charge in [0.1, 0.15) is 0 Å². The summed E-state index contributed by atoms with van der Waals surface area (Å²) in [6, 6.07) is 45.9. The molecule has 4 aromatic heterocycles. The van der Waals surface area contributed by atoms with Crippen LogP contribution in [0.1, 0.15) is 12.0 Å². The van der Waals surface area contributed by atoms with Crippen LogP contribution in [0.3, 0.4) is 0 Å². The van der Waals surface area contributed by atoms with Crippen molar-refractivity contribution in [1.82, 2.24) is 19.1 Å². The van der Waals surface area contributed by atoms with Gasteiger partial charge in [0.2, 0.25) is 0 Å². The van der Waals surface area contributed by atoms with Gasteiger partial charge in [-0.25, -0.2) is 0 Å². The zero-order chi connectivity index (χ0) is 33.7. The maximum atomic E-state index is 4.54. The lowest BCUT2D eigenvalue weighted by molar-refractivity contribution is 1.16. The fourth-order valence-electron chi connectivity index (χ4n) is 7.81. The number of rotatable bonds is 5. The molecular formula is C47H32N4. The normalized spacial score (nSPS) is 13.0. The van der Waals surface area contributed by atoms with Gasteiger partial charge in [0.15, 0.2) is 0 Å². The molecule has 51 heavy (non-hydrogen) atoms. The summed E-state index contributed by atoms with van der Waals surface area (Å²) in [5.41, 5.74) is 13.9. The Morgan fingerprint density at radius 3 is 1.63 bits per heavy atom. The van der Waals surface area contributed by atoms with Gasteiger partial charge in [-0.1, -0.05) is 121 Å². The topological polar surface area (TPSA) is 35.6 Å². The van der Waals surface area contributed by atoms with E-state index < -0.39 is 0 Å². The van der Waals surface area contributed by atoms with E-state index in [2.05, 4.69) is 177 Å². The van der Waals surface area contributed by atoms with Gasteiger partial charge in [-0.2, -0.15) is 0 Å². The minimum atomic E-state index is 0.940. The molecule has 0 N–H and O–H groups in total. The molecule has 240 valence electrons. The van der Waals surface area contributed by atoms with E-state index in [4.69, 9.17) is 0 Å². The molecule has 0 spiro atoms. The number of fused-ring (bicyclic) bond motifs is 6. The molecule has 0 saturated carbocycles. The first-order valence-corrected chi connectivity index (χ1v) is 17.4. The third-order valence-corrected chi connectivity index (χ3v) is 10.1. The van der Waals surface area contributed by atoms with Gasteiger partial charge in [-0.15, -0.1) is 0 Å². The first kappa shape index (κ1) is 29.2. The van der Waals surface area contributed by atoms with Gasteiger partial charge in [-0.3, -0.25) is 9.97 Å². The summed E-state index contributed by atoms with van der Waals surface area (Å²) in [5, 5.41) is 4.84. The highest BCUT2D eigenvalue weighted by Gasteiger charge is 2.18. The van der Waals surface area contributed by atoms with Crippen LogP contribution in [-0.2, 0) is 0 Å². The van der Waals surface area contributed by atoms with Gasteiger partial charge in [0, 0.05) is 56.4 Å². The molecule has 4 nitrogen and oxygen atoms in total. The van der Waals surface area contributed by atoms with Crippen LogP contribution in [0.4, 0.5) is 0 Å². The molecule has 10 rings (SSSR count). The van der Waals surface area contributed by atoms with Crippen LogP contribution in [0, 0.1) is 0 Å². The highest BCUT2D eigenvalue weighted by Crippen LogP contribution is 2.39. The van der Waals surface area contributed by atoms with E-state index in [9.17, 15) is 0 Å². The van der Waals surface area contributed by atoms with Crippen molar-refractivity contribution < 1.29 is 0 Å². The van der Waals surface area contributed by atoms with Crippen molar-refractivity contribution in [3.8, 4) is 33.6 Å². The number of hydrogen-bond acceptors (Lipinski definition) is 2. The second-order valence-corrected chi connectivity index (χ2v) is 13.0. The summed E-state index contributed by atoms with van der Waals surface area (Å²) in [6.45, 7) is 0. The number of allylic oxidation sites excluding steroid dienone is 6. The molecule has 1 aliphatic carbocycles. The van der Waals surface area contributed by atoms with E-state index in [1.807, 2.05) is 24.8 Å². The maximum absolute atomic E-state index is 4.54. The molecule has 0 radical (unpaired) electrons. The first-order valence-electron chi connectivity index (χ1n) is 17.4. The Bertz CT molecular complexity index is 2850. The zero-order valence-corrected chi connectivity index (χ0v) is 27.8. The largest absolute Gasteiger partial charge is 0.307 e. The average molecular weight is 653 g/mol. The molecule has 1 aliphatic rings. The Morgan fingerprint density at radius 2 is 1.02 bits per heavy atom. The van der Waals surface area contributed by atoms with E-state index in [1.165, 1.54) is 54.8 Å². The van der Waals surface area contributed by atoms with Gasteiger partial charge in [0.05, 0.1) is 34.5 Å². The Labute approximate surface area is 295 Å². The van der Waals surface area contributed by atoms with Crippen molar-refractivity contribution in [2.24, 2.45) is 0 Å². The second kappa shape index (κ2) is 12.0. The Morgan fingerprint density at radius 1 is 0.451 bits per heavy atom. The molecule has 0 aliphatic heterocycles. The summed E-state index contributed by atoms with van der Waals surface area (Å²) in [5.74, 6) is 0. The molecule has 5 aromatic carbocycles. The lowest BCUT2D eigenvalue weighted by Gasteiger charge is -2.14. The number of nitrogens with zero attached hydrogens (tertiary/aromatic N) is 4. The van der Waals surface area contributed by atoms with Gasteiger partial charge >= 0.3 is 0 Å². The number of hydrogen-bond donors (Lipinski definition) is 0. The van der Waals surface area contributed by atoms with Gasteiger partial charge in [0.25, 0.3) is 0 Å². The molecule has 9 aromatic rings. The van der Waals surface area contributed by atoms with E-state index in [0.29, 0.717) is 0 Å². The number of benzene rings is 5. The fraction of sp³-hybridized carbons (Fsp3) is 0.0213. The molecule has 0 unspecified atom stereocenters. The van der Waals surface area contributed by atoms with Crippen molar-refractivity contribution in [3.63, 3.8) is 0 Å². The molecule has 4 heterocycles. The van der Waals surface area contributed by atoms with Crippen LogP contribution in [-0.4, -0.2) is 19.1 Å². The number of aromatic nitrogens is 4. The number of para-hydroxylation sites is 2. The van der Waals surface area contributed by atoms with E-state index in [-0.39, 0.29) is 0 Å². The molecule has 0 bridgehead atoms. The lowest BCUT2D eigenvalue weighted by Crippen LogP contribution is -1.97. The summed E-state index contributed by atoms with van der Waals surface area (Å²) < 4.78 is 4.72. The van der Waals surface area contributed by atoms with Crippen molar-refractivity contribution in [3.05, 3.63) is 188 Å². The monoisotopic (exact) mass is 652 g/mol. The highest BCUT2D eigenvalue weighted by atomic mass is 15.0. The van der Waals surface area contributed by atoms with E-state index >= 15 is 0 Å². The highest BCUT2D eigenvalue weighted by molar-refractivity contribution is 6.14. The number of pyridine rings is 2. The lowest BCUT2D eigenvalue weighted by atomic mass is 10.0. The zero-order valence-electron chi connectivity index (χ0n) is 27.8. The quantitative estimate of drug-likeness (QED) is 0.185. The molecule has 0 fully saturated rings. The molecule has 0 saturated heterocycles. The molecule has 0 atom stereocenters. The van der Waals surface area contributed by atoms with Crippen LogP contribution in [0.25, 0.3) is 82.8 Å². The Kier molecular flexibility index (Phi) is 6.85. The standard InChI is InChI=1S/C47H32N4/c1-2-5-11-34(10-4-1)38-14-8-16-42-40-26-28-48-30-44(40)50(46(38)42)36-22-18-32(19-23-36)33-20-24-37(25-21-33)51-45-31-49-29-27-41(45)43-17-9-15-39(47(43)51)35-12-6-3-7-13-35/h1,3-31H,2H2. The van der Waals surface area contributed by atoms with Crippen LogP contribution in [0.2, 0.25) is 0 Å². The summed E-state index contributed by atoms with van der Waals surface area (Å²) in [6.07, 6.45) is 19.7. The van der Waals surface area contributed by atoms with E-state index in [0.717, 1.165) is 40.0 Å². The Balaban J connectivity index is 1.07. The molecule has 0 amide bonds. The predicted molar refractivity (Wildman–Crippen MR) is 212 cm³/mol. The second-order valence-electron chi connectivity index (χ2n) is 13.0. The van der Waals surface area contributed by atoms with Crippen molar-refractivity contribution >= 4 is 49.2 Å². The van der Waals surface area contributed by atoms with Crippen LogP contribution in [0.15, 0.2) is 183 Å². The van der Waals surface area contributed by atoms with Crippen LogP contribution < -0.4 is 0 Å². The fourth-order valence-corrected chi connectivity index (χ4v) is 7.81. The summed E-state index contributed by atoms with van der Waals surface area (Å²) in [4.78, 5) is 9.07. The minimum absolute atomic E-state index is 0.940. The third-order valence-electron chi connectivity index (χ3n) is 10.1. The molecule has 4 heteroatoms. The third kappa shape index (κ3) is 4.76. The maximum Gasteiger partial charge on any atom is 0.0724 e. The Hall–Kier alpha value is -6.78. The van der Waals surface area contributed by atoms with Gasteiger partial charge in [-0.05, 0) is 65.1 Å². The first-order chi connectivity index (χ1) is 25.3.